The number of hydrogen-bond acceptors (Lipinski definition) is 5. The minimum Gasteiger partial charge on any atom is -0.490 e. The highest BCUT2D eigenvalue weighted by Crippen LogP contribution is 2.29. The Morgan fingerprint density at radius 1 is 0.727 bits per heavy atom. The van der Waals surface area contributed by atoms with Gasteiger partial charge in [0.15, 0.2) is 18.1 Å². The molecule has 0 bridgehead atoms. The minimum atomic E-state index is -1.06. The molecule has 0 aliphatic rings. The first kappa shape index (κ1) is 28.8. The Balaban J connectivity index is 2.17. The number of esters is 1. The van der Waals surface area contributed by atoms with Crippen LogP contribution in [0.15, 0.2) is 18.2 Å². The van der Waals surface area contributed by atoms with Crippen LogP contribution in [0, 0.1) is 0 Å². The number of carbonyl (C=O) groups is 2. The number of ether oxygens (including phenoxy) is 3. The van der Waals surface area contributed by atoms with Gasteiger partial charge >= 0.3 is 11.9 Å². The third-order valence-corrected chi connectivity index (χ3v) is 5.60. The lowest BCUT2D eigenvalue weighted by Crippen LogP contribution is -2.15. The molecular formula is C27H44O6. The van der Waals surface area contributed by atoms with Gasteiger partial charge in [0.1, 0.15) is 0 Å². The van der Waals surface area contributed by atoms with Crippen molar-refractivity contribution in [3.05, 3.63) is 23.8 Å². The second kappa shape index (κ2) is 19.2. The molecule has 0 saturated carbocycles. The molecule has 0 aliphatic carbocycles. The number of carboxylic acid groups (broad SMARTS) is 1. The summed E-state index contributed by atoms with van der Waals surface area (Å²) < 4.78 is 16.1. The predicted molar refractivity (Wildman–Crippen MR) is 131 cm³/mol. The molecular weight excluding hydrogens is 420 g/mol. The van der Waals surface area contributed by atoms with Gasteiger partial charge in [0.2, 0.25) is 0 Å². The van der Waals surface area contributed by atoms with Crippen molar-refractivity contribution in [3.63, 3.8) is 0 Å². The van der Waals surface area contributed by atoms with Crippen molar-refractivity contribution in [2.24, 2.45) is 0 Å². The van der Waals surface area contributed by atoms with Gasteiger partial charge in [-0.05, 0) is 31.5 Å². The molecule has 0 saturated heterocycles. The van der Waals surface area contributed by atoms with E-state index in [2.05, 4.69) is 6.92 Å². The monoisotopic (exact) mass is 464 g/mol. The van der Waals surface area contributed by atoms with Gasteiger partial charge in [-0.25, -0.2) is 9.59 Å². The van der Waals surface area contributed by atoms with Crippen molar-refractivity contribution in [2.45, 2.75) is 104 Å². The van der Waals surface area contributed by atoms with Crippen molar-refractivity contribution < 1.29 is 28.9 Å². The third-order valence-electron chi connectivity index (χ3n) is 5.60. The molecule has 1 aromatic rings. The van der Waals surface area contributed by atoms with Gasteiger partial charge in [0.25, 0.3) is 0 Å². The van der Waals surface area contributed by atoms with E-state index < -0.39 is 11.9 Å². The average Bonchev–Trinajstić information content (AvgIpc) is 2.80. The molecule has 1 aromatic carbocycles. The van der Waals surface area contributed by atoms with E-state index in [0.717, 1.165) is 12.8 Å². The van der Waals surface area contributed by atoms with Crippen LogP contribution in [0.5, 0.6) is 11.5 Å². The summed E-state index contributed by atoms with van der Waals surface area (Å²) in [7, 11) is 0. The second-order valence-electron chi connectivity index (χ2n) is 8.51. The summed E-state index contributed by atoms with van der Waals surface area (Å²) in [6.45, 7) is 4.48. The Kier molecular flexibility index (Phi) is 16.8. The number of benzene rings is 1. The van der Waals surface area contributed by atoms with E-state index in [-0.39, 0.29) is 24.5 Å². The standard InChI is InChI=1S/C27H44O6/c1-3-5-6-7-8-9-10-11-12-13-14-15-16-17-20-32-24-19-18-23(27(29)30)21-25(24)33-22-26(28)31-4-2/h18-19,21H,3-17,20,22H2,1-2H3,(H,29,30). The predicted octanol–water partition coefficient (Wildman–Crippen LogP) is 7.19. The van der Waals surface area contributed by atoms with Crippen LogP contribution in [0.4, 0.5) is 0 Å². The minimum absolute atomic E-state index is 0.0812. The lowest BCUT2D eigenvalue weighted by Gasteiger charge is -2.13. The summed E-state index contributed by atoms with van der Waals surface area (Å²) in [4.78, 5) is 22.8. The first-order valence-corrected chi connectivity index (χ1v) is 12.9. The number of unbranched alkanes of at least 4 members (excludes halogenated alkanes) is 13. The molecule has 1 rings (SSSR count). The van der Waals surface area contributed by atoms with Gasteiger partial charge in [-0.1, -0.05) is 90.4 Å². The molecule has 0 fully saturated rings. The third kappa shape index (κ3) is 14.5. The molecule has 33 heavy (non-hydrogen) atoms. The Morgan fingerprint density at radius 2 is 1.27 bits per heavy atom. The van der Waals surface area contributed by atoms with E-state index >= 15 is 0 Å². The molecule has 0 unspecified atom stereocenters. The summed E-state index contributed by atoms with van der Waals surface area (Å²) >= 11 is 0. The molecule has 0 aliphatic heterocycles. The second-order valence-corrected chi connectivity index (χ2v) is 8.51. The molecule has 0 atom stereocenters. The van der Waals surface area contributed by atoms with Crippen LogP contribution in [0.3, 0.4) is 0 Å². The Hall–Kier alpha value is -2.24. The Bertz CT molecular complexity index is 658. The number of hydrogen-bond donors (Lipinski definition) is 1. The first-order valence-electron chi connectivity index (χ1n) is 12.9. The maximum absolute atomic E-state index is 11.5. The zero-order valence-corrected chi connectivity index (χ0v) is 20.7. The molecule has 0 aromatic heterocycles. The van der Waals surface area contributed by atoms with Crippen LogP contribution in [0.25, 0.3) is 0 Å². The maximum atomic E-state index is 11.5. The molecule has 6 heteroatoms. The van der Waals surface area contributed by atoms with E-state index in [1.165, 1.54) is 89.2 Å². The molecule has 0 amide bonds. The first-order chi connectivity index (χ1) is 16.1. The molecule has 6 nitrogen and oxygen atoms in total. The van der Waals surface area contributed by atoms with Crippen molar-refractivity contribution in [1.82, 2.24) is 0 Å². The lowest BCUT2D eigenvalue weighted by molar-refractivity contribution is -0.145. The van der Waals surface area contributed by atoms with Crippen molar-refractivity contribution >= 4 is 11.9 Å². The topological polar surface area (TPSA) is 82.1 Å². The highest BCUT2D eigenvalue weighted by molar-refractivity contribution is 5.88. The summed E-state index contributed by atoms with van der Waals surface area (Å²) in [5.74, 6) is -0.877. The Labute approximate surface area is 200 Å². The van der Waals surface area contributed by atoms with Gasteiger partial charge < -0.3 is 19.3 Å². The van der Waals surface area contributed by atoms with Crippen LogP contribution in [0.1, 0.15) is 114 Å². The normalized spacial score (nSPS) is 10.7. The van der Waals surface area contributed by atoms with Crippen LogP contribution in [-0.4, -0.2) is 36.9 Å². The van der Waals surface area contributed by atoms with E-state index in [4.69, 9.17) is 14.2 Å². The molecule has 0 spiro atoms. The van der Waals surface area contributed by atoms with Gasteiger partial charge in [0, 0.05) is 0 Å². The van der Waals surface area contributed by atoms with Gasteiger partial charge in [-0.2, -0.15) is 0 Å². The fourth-order valence-electron chi connectivity index (χ4n) is 3.69. The largest absolute Gasteiger partial charge is 0.490 e. The summed E-state index contributed by atoms with van der Waals surface area (Å²) in [6.07, 6.45) is 18.1. The number of carboxylic acids is 1. The van der Waals surface area contributed by atoms with E-state index in [1.54, 1.807) is 13.0 Å². The van der Waals surface area contributed by atoms with Gasteiger partial charge in [-0.15, -0.1) is 0 Å². The van der Waals surface area contributed by atoms with Crippen LogP contribution in [-0.2, 0) is 9.53 Å². The summed E-state index contributed by atoms with van der Waals surface area (Å²) in [6, 6.07) is 4.43. The van der Waals surface area contributed by atoms with Crippen molar-refractivity contribution in [3.8, 4) is 11.5 Å². The van der Waals surface area contributed by atoms with E-state index in [0.29, 0.717) is 12.4 Å². The van der Waals surface area contributed by atoms with Crippen LogP contribution < -0.4 is 9.47 Å². The highest BCUT2D eigenvalue weighted by atomic mass is 16.6. The fourth-order valence-corrected chi connectivity index (χ4v) is 3.69. The van der Waals surface area contributed by atoms with Crippen molar-refractivity contribution in [1.29, 1.82) is 0 Å². The quantitative estimate of drug-likeness (QED) is 0.153. The zero-order chi connectivity index (χ0) is 24.2. The highest BCUT2D eigenvalue weighted by Gasteiger charge is 2.13. The SMILES string of the molecule is CCCCCCCCCCCCCCCCOc1ccc(C(=O)O)cc1OCC(=O)OCC. The van der Waals surface area contributed by atoms with Crippen LogP contribution >= 0.6 is 0 Å². The molecule has 188 valence electrons. The lowest BCUT2D eigenvalue weighted by atomic mass is 10.0. The number of aromatic carboxylic acids is 1. The van der Waals surface area contributed by atoms with E-state index in [1.807, 2.05) is 0 Å². The molecule has 1 N–H and O–H groups in total. The molecule has 0 heterocycles. The van der Waals surface area contributed by atoms with Crippen LogP contribution in [0.2, 0.25) is 0 Å². The fraction of sp³-hybridized carbons (Fsp3) is 0.704. The maximum Gasteiger partial charge on any atom is 0.344 e. The van der Waals surface area contributed by atoms with E-state index in [9.17, 15) is 14.7 Å². The van der Waals surface area contributed by atoms with Gasteiger partial charge in [-0.3, -0.25) is 0 Å². The molecule has 0 radical (unpaired) electrons. The number of carbonyl (C=O) groups excluding carboxylic acids is 1. The zero-order valence-electron chi connectivity index (χ0n) is 20.7. The average molecular weight is 465 g/mol. The summed E-state index contributed by atoms with van der Waals surface area (Å²) in [5.41, 5.74) is 0.0812. The smallest absolute Gasteiger partial charge is 0.344 e. The van der Waals surface area contributed by atoms with Gasteiger partial charge in [0.05, 0.1) is 18.8 Å². The summed E-state index contributed by atoms with van der Waals surface area (Å²) in [5, 5.41) is 9.19. The van der Waals surface area contributed by atoms with Crippen molar-refractivity contribution in [2.75, 3.05) is 19.8 Å². The Morgan fingerprint density at radius 3 is 1.79 bits per heavy atom. The number of rotatable bonds is 21.